The zero-order valence-electron chi connectivity index (χ0n) is 16.5. The molecule has 0 aromatic heterocycles. The lowest BCUT2D eigenvalue weighted by molar-refractivity contribution is -0.109. The summed E-state index contributed by atoms with van der Waals surface area (Å²) in [6.07, 6.45) is -0.0802. The van der Waals surface area contributed by atoms with Gasteiger partial charge >= 0.3 is 0 Å². The molecule has 0 N–H and O–H groups in total. The quantitative estimate of drug-likeness (QED) is 0.691. The molecular weight excluding hydrogens is 378 g/mol. The molecule has 0 spiro atoms. The Labute approximate surface area is 166 Å². The highest BCUT2D eigenvalue weighted by atomic mass is 32.2. The topological polar surface area (TPSA) is 72.9 Å². The van der Waals surface area contributed by atoms with E-state index in [-0.39, 0.29) is 17.5 Å². The molecule has 0 fully saturated rings. The van der Waals surface area contributed by atoms with E-state index in [1.807, 2.05) is 39.0 Å². The first-order valence-electron chi connectivity index (χ1n) is 9.15. The maximum atomic E-state index is 13.4. The van der Waals surface area contributed by atoms with Gasteiger partial charge in [-0.3, -0.25) is 0 Å². The smallest absolute Gasteiger partial charge is 0.244 e. The highest BCUT2D eigenvalue weighted by Crippen LogP contribution is 2.45. The van der Waals surface area contributed by atoms with E-state index in [0.29, 0.717) is 12.0 Å². The second-order valence-corrected chi connectivity index (χ2v) is 8.84. The summed E-state index contributed by atoms with van der Waals surface area (Å²) >= 11 is 0. The third-order valence-electron chi connectivity index (χ3n) is 5.10. The van der Waals surface area contributed by atoms with Gasteiger partial charge in [0.2, 0.25) is 10.0 Å². The van der Waals surface area contributed by atoms with Crippen LogP contribution in [-0.2, 0) is 19.6 Å². The van der Waals surface area contributed by atoms with Crippen LogP contribution in [0.5, 0.6) is 5.75 Å². The third-order valence-corrected chi connectivity index (χ3v) is 6.96. The number of methoxy groups -OCH3 is 1. The van der Waals surface area contributed by atoms with Crippen LogP contribution in [0.4, 0.5) is 0 Å². The van der Waals surface area contributed by atoms with Crippen molar-refractivity contribution in [2.75, 3.05) is 13.7 Å². The molecule has 1 heterocycles. The van der Waals surface area contributed by atoms with Crippen molar-refractivity contribution in [3.05, 3.63) is 59.2 Å². The van der Waals surface area contributed by atoms with E-state index >= 15 is 0 Å². The maximum absolute atomic E-state index is 13.4. The van der Waals surface area contributed by atoms with Gasteiger partial charge in [-0.15, -0.1) is 0 Å². The molecule has 3 rings (SSSR count). The van der Waals surface area contributed by atoms with Crippen molar-refractivity contribution in [3.8, 4) is 5.75 Å². The molecule has 150 valence electrons. The van der Waals surface area contributed by atoms with Gasteiger partial charge in [0.25, 0.3) is 0 Å². The molecule has 0 bridgehead atoms. The minimum Gasteiger partial charge on any atom is -0.496 e. The Morgan fingerprint density at radius 1 is 1.14 bits per heavy atom. The van der Waals surface area contributed by atoms with Crippen molar-refractivity contribution in [2.45, 2.75) is 43.9 Å². The van der Waals surface area contributed by atoms with Gasteiger partial charge in [-0.05, 0) is 44.5 Å². The fourth-order valence-electron chi connectivity index (χ4n) is 3.82. The molecule has 7 heteroatoms. The lowest BCUT2D eigenvalue weighted by atomic mass is 9.90. The zero-order valence-corrected chi connectivity index (χ0v) is 17.3. The van der Waals surface area contributed by atoms with Crippen LogP contribution in [0.15, 0.2) is 47.4 Å². The number of carbonyl (C=O) groups excluding carboxylic acids is 1. The van der Waals surface area contributed by atoms with Crippen molar-refractivity contribution in [1.29, 1.82) is 0 Å². The average molecular weight is 404 g/mol. The van der Waals surface area contributed by atoms with Gasteiger partial charge in [-0.2, -0.15) is 4.31 Å². The Kier molecular flexibility index (Phi) is 5.88. The van der Waals surface area contributed by atoms with Crippen molar-refractivity contribution in [1.82, 2.24) is 4.31 Å². The monoisotopic (exact) mass is 403 g/mol. The van der Waals surface area contributed by atoms with Crippen molar-refractivity contribution in [3.63, 3.8) is 0 Å². The molecular formula is C21H25NO5S. The zero-order chi connectivity index (χ0) is 20.5. The van der Waals surface area contributed by atoms with Gasteiger partial charge in [0.1, 0.15) is 12.0 Å². The Bertz CT molecular complexity index is 955. The van der Waals surface area contributed by atoms with Crippen LogP contribution >= 0.6 is 0 Å². The molecule has 2 aromatic rings. The van der Waals surface area contributed by atoms with Crippen molar-refractivity contribution >= 4 is 16.3 Å². The van der Waals surface area contributed by atoms with E-state index in [0.717, 1.165) is 16.7 Å². The first kappa shape index (κ1) is 20.5. The summed E-state index contributed by atoms with van der Waals surface area (Å²) in [6.45, 7) is 5.36. The maximum Gasteiger partial charge on any atom is 0.244 e. The number of benzene rings is 2. The van der Waals surface area contributed by atoms with E-state index in [4.69, 9.17) is 9.47 Å². The number of aryl methyl sites for hydroxylation is 1. The first-order valence-corrected chi connectivity index (χ1v) is 10.6. The number of hydrogen-bond donors (Lipinski definition) is 0. The van der Waals surface area contributed by atoms with Crippen LogP contribution in [0.25, 0.3) is 0 Å². The number of hydrogen-bond acceptors (Lipinski definition) is 5. The molecule has 0 amide bonds. The fraction of sp³-hybridized carbons (Fsp3) is 0.381. The standard InChI is InChI=1S/C21H25NO5S/c1-14-8-10-17(11-9-14)28(24,25)22(12-13-23)21-16(3)27-15(2)20-18(21)6-5-7-19(20)26-4/h5-11,13,15-16,21H,12H2,1-4H3/t15-,16-,21+/m0/s1. The number of sulfonamides is 1. The van der Waals surface area contributed by atoms with E-state index in [9.17, 15) is 13.2 Å². The Hall–Kier alpha value is -2.22. The van der Waals surface area contributed by atoms with Crippen molar-refractivity contribution in [2.24, 2.45) is 0 Å². The highest BCUT2D eigenvalue weighted by molar-refractivity contribution is 7.89. The van der Waals surface area contributed by atoms with Gasteiger partial charge in [0, 0.05) is 5.56 Å². The van der Waals surface area contributed by atoms with E-state index in [2.05, 4.69) is 0 Å². The number of aldehydes is 1. The largest absolute Gasteiger partial charge is 0.496 e. The van der Waals surface area contributed by atoms with Gasteiger partial charge in [0.05, 0.1) is 36.8 Å². The van der Waals surface area contributed by atoms with Crippen LogP contribution in [0.1, 0.15) is 42.7 Å². The lowest BCUT2D eigenvalue weighted by Gasteiger charge is -2.41. The SMILES string of the molecule is COc1cccc2c1[C@H](C)O[C@@H](C)[C@H]2N(CC=O)S(=O)(=O)c1ccc(C)cc1. The van der Waals surface area contributed by atoms with Crippen molar-refractivity contribution < 1.29 is 22.7 Å². The Morgan fingerprint density at radius 2 is 1.82 bits per heavy atom. The molecule has 1 aliphatic heterocycles. The third kappa shape index (κ3) is 3.57. The summed E-state index contributed by atoms with van der Waals surface area (Å²) in [6, 6.07) is 11.5. The number of rotatable bonds is 6. The number of nitrogens with zero attached hydrogens (tertiary/aromatic N) is 1. The average Bonchev–Trinajstić information content (AvgIpc) is 2.67. The summed E-state index contributed by atoms with van der Waals surface area (Å²) < 4.78 is 39.5. The van der Waals surface area contributed by atoms with E-state index < -0.39 is 22.2 Å². The van der Waals surface area contributed by atoms with Crippen LogP contribution < -0.4 is 4.74 Å². The molecule has 0 aliphatic carbocycles. The van der Waals surface area contributed by atoms with Gasteiger partial charge in [-0.1, -0.05) is 29.8 Å². The second-order valence-electron chi connectivity index (χ2n) is 6.95. The Morgan fingerprint density at radius 3 is 2.43 bits per heavy atom. The number of fused-ring (bicyclic) bond motifs is 1. The molecule has 6 nitrogen and oxygen atoms in total. The predicted molar refractivity (Wildman–Crippen MR) is 106 cm³/mol. The molecule has 0 saturated heterocycles. The molecule has 2 aromatic carbocycles. The summed E-state index contributed by atoms with van der Waals surface area (Å²) in [5.74, 6) is 0.640. The second kappa shape index (κ2) is 8.03. The number of carbonyl (C=O) groups is 1. The predicted octanol–water partition coefficient (Wildman–Crippen LogP) is 3.41. The lowest BCUT2D eigenvalue weighted by Crippen LogP contribution is -2.44. The molecule has 0 radical (unpaired) electrons. The van der Waals surface area contributed by atoms with E-state index in [1.165, 1.54) is 4.31 Å². The van der Waals surface area contributed by atoms with Crippen LogP contribution in [0, 0.1) is 6.92 Å². The van der Waals surface area contributed by atoms with Gasteiger partial charge in [0.15, 0.2) is 0 Å². The Balaban J connectivity index is 2.16. The normalized spacial score (nSPS) is 22.0. The summed E-state index contributed by atoms with van der Waals surface area (Å²) in [5.41, 5.74) is 2.56. The summed E-state index contributed by atoms with van der Waals surface area (Å²) in [7, 11) is -2.34. The summed E-state index contributed by atoms with van der Waals surface area (Å²) in [5, 5.41) is 0. The minimum absolute atomic E-state index is 0.148. The molecule has 28 heavy (non-hydrogen) atoms. The van der Waals surface area contributed by atoms with E-state index in [1.54, 1.807) is 31.4 Å². The highest BCUT2D eigenvalue weighted by Gasteiger charge is 2.42. The summed E-state index contributed by atoms with van der Waals surface area (Å²) in [4.78, 5) is 11.6. The van der Waals surface area contributed by atoms with Gasteiger partial charge in [-0.25, -0.2) is 8.42 Å². The number of ether oxygens (including phenoxy) is 2. The fourth-order valence-corrected chi connectivity index (χ4v) is 5.41. The van der Waals surface area contributed by atoms with Gasteiger partial charge < -0.3 is 14.3 Å². The van der Waals surface area contributed by atoms with Crippen LogP contribution in [0.2, 0.25) is 0 Å². The van der Waals surface area contributed by atoms with Crippen LogP contribution in [-0.4, -0.2) is 38.8 Å². The molecule has 0 saturated carbocycles. The van der Waals surface area contributed by atoms with Crippen LogP contribution in [0.3, 0.4) is 0 Å². The molecule has 1 aliphatic rings. The molecule has 3 atom stereocenters. The molecule has 0 unspecified atom stereocenters. The first-order chi connectivity index (χ1) is 13.3. The minimum atomic E-state index is -3.91.